The molecule has 6 heteroatoms. The molecule has 6 nitrogen and oxygen atoms in total. The van der Waals surface area contributed by atoms with Crippen molar-refractivity contribution in [2.24, 2.45) is 0 Å². The van der Waals surface area contributed by atoms with Gasteiger partial charge < -0.3 is 19.4 Å². The van der Waals surface area contributed by atoms with E-state index >= 15 is 0 Å². The number of rotatable bonds is 13. The molecule has 1 heterocycles. The van der Waals surface area contributed by atoms with Gasteiger partial charge in [-0.25, -0.2) is 4.98 Å². The fourth-order valence-corrected chi connectivity index (χ4v) is 4.61. The summed E-state index contributed by atoms with van der Waals surface area (Å²) < 4.78 is 13.5. The normalized spacial score (nSPS) is 11.0. The van der Waals surface area contributed by atoms with Crippen LogP contribution >= 0.6 is 0 Å². The van der Waals surface area contributed by atoms with Crippen LogP contribution in [0.25, 0.3) is 11.0 Å². The molecule has 0 aliphatic carbocycles. The van der Waals surface area contributed by atoms with Crippen LogP contribution in [0.3, 0.4) is 0 Å². The highest BCUT2D eigenvalue weighted by atomic mass is 16.5. The first-order valence-electron chi connectivity index (χ1n) is 13.1. The van der Waals surface area contributed by atoms with E-state index in [1.165, 1.54) is 11.1 Å². The maximum Gasteiger partial charge on any atom is 0.224 e. The maximum absolute atomic E-state index is 12.4. The zero-order valence-electron chi connectivity index (χ0n) is 22.1. The Kier molecular flexibility index (Phi) is 9.19. The summed E-state index contributed by atoms with van der Waals surface area (Å²) in [6.45, 7) is 6.42. The summed E-state index contributed by atoms with van der Waals surface area (Å²) in [5.74, 6) is 2.84. The fraction of sp³-hybridized carbons (Fsp3) is 0.355. The minimum atomic E-state index is 0.0301. The van der Waals surface area contributed by atoms with Crippen LogP contribution in [0.4, 0.5) is 0 Å². The number of carbonyl (C=O) groups excluding carboxylic acids is 1. The molecule has 0 spiro atoms. The second kappa shape index (κ2) is 12.9. The van der Waals surface area contributed by atoms with Gasteiger partial charge in [-0.3, -0.25) is 4.79 Å². The standard InChI is InChI=1S/C31H37N3O3/c1-23-19-24(2)21-27(20-23)37-18-7-6-17-34-29-10-5-4-9-28(29)33-30(34)11-8-16-32-31(35)22-25-12-14-26(36-3)15-13-25/h4-5,9-10,12-15,19-21H,6-8,11,16-18,22H2,1-3H3,(H,32,35). The Hall–Kier alpha value is -3.80. The van der Waals surface area contributed by atoms with Gasteiger partial charge in [0.15, 0.2) is 0 Å². The first-order valence-corrected chi connectivity index (χ1v) is 13.1. The van der Waals surface area contributed by atoms with E-state index in [2.05, 4.69) is 60.1 Å². The minimum Gasteiger partial charge on any atom is -0.497 e. The Labute approximate surface area is 219 Å². The van der Waals surface area contributed by atoms with E-state index in [4.69, 9.17) is 14.5 Å². The van der Waals surface area contributed by atoms with E-state index in [-0.39, 0.29) is 5.91 Å². The van der Waals surface area contributed by atoms with Crippen molar-refractivity contribution in [3.63, 3.8) is 0 Å². The molecule has 1 N–H and O–H groups in total. The van der Waals surface area contributed by atoms with E-state index in [9.17, 15) is 4.79 Å². The van der Waals surface area contributed by atoms with Crippen molar-refractivity contribution in [1.29, 1.82) is 0 Å². The van der Waals surface area contributed by atoms with Crippen LogP contribution in [-0.4, -0.2) is 35.7 Å². The van der Waals surface area contributed by atoms with Gasteiger partial charge in [0.25, 0.3) is 0 Å². The van der Waals surface area contributed by atoms with Gasteiger partial charge in [-0.05, 0) is 86.2 Å². The van der Waals surface area contributed by atoms with Gasteiger partial charge in [0, 0.05) is 19.5 Å². The molecule has 0 unspecified atom stereocenters. The van der Waals surface area contributed by atoms with Crippen LogP contribution in [0.1, 0.15) is 41.8 Å². The number of benzene rings is 3. The molecule has 4 rings (SSSR count). The van der Waals surface area contributed by atoms with Crippen molar-refractivity contribution in [3.8, 4) is 11.5 Å². The molecule has 194 valence electrons. The SMILES string of the molecule is COc1ccc(CC(=O)NCCCc2nc3ccccc3n2CCCCOc2cc(C)cc(C)c2)cc1. The summed E-state index contributed by atoms with van der Waals surface area (Å²) in [5.41, 5.74) is 5.60. The lowest BCUT2D eigenvalue weighted by atomic mass is 10.1. The minimum absolute atomic E-state index is 0.0301. The van der Waals surface area contributed by atoms with Gasteiger partial charge in [0.2, 0.25) is 5.91 Å². The molecular formula is C31H37N3O3. The summed E-state index contributed by atoms with van der Waals surface area (Å²) in [5, 5.41) is 3.04. The Morgan fingerprint density at radius 3 is 2.43 bits per heavy atom. The largest absolute Gasteiger partial charge is 0.497 e. The number of nitrogens with zero attached hydrogens (tertiary/aromatic N) is 2. The average molecular weight is 500 g/mol. The third-order valence-corrected chi connectivity index (χ3v) is 6.40. The summed E-state index contributed by atoms with van der Waals surface area (Å²) in [6, 6.07) is 22.2. The summed E-state index contributed by atoms with van der Waals surface area (Å²) >= 11 is 0. The zero-order valence-corrected chi connectivity index (χ0v) is 22.1. The Bertz CT molecular complexity index is 1290. The maximum atomic E-state index is 12.4. The molecule has 0 radical (unpaired) electrons. The van der Waals surface area contributed by atoms with Crippen molar-refractivity contribution >= 4 is 16.9 Å². The van der Waals surface area contributed by atoms with Gasteiger partial charge in [0.1, 0.15) is 17.3 Å². The molecule has 1 aromatic heterocycles. The second-order valence-corrected chi connectivity index (χ2v) is 9.53. The number of amides is 1. The highest BCUT2D eigenvalue weighted by molar-refractivity contribution is 5.78. The number of hydrogen-bond acceptors (Lipinski definition) is 4. The molecule has 0 aliphatic heterocycles. The Balaban J connectivity index is 1.25. The van der Waals surface area contributed by atoms with Gasteiger partial charge in [-0.2, -0.15) is 0 Å². The Morgan fingerprint density at radius 2 is 1.68 bits per heavy atom. The molecule has 0 saturated carbocycles. The van der Waals surface area contributed by atoms with E-state index in [0.29, 0.717) is 19.6 Å². The van der Waals surface area contributed by atoms with Crippen LogP contribution in [0.2, 0.25) is 0 Å². The molecule has 0 aliphatic rings. The number of aromatic nitrogens is 2. The monoisotopic (exact) mass is 499 g/mol. The number of methoxy groups -OCH3 is 1. The van der Waals surface area contributed by atoms with Crippen LogP contribution in [0.5, 0.6) is 11.5 Å². The summed E-state index contributed by atoms with van der Waals surface area (Å²) in [7, 11) is 1.64. The highest BCUT2D eigenvalue weighted by Gasteiger charge is 2.11. The predicted molar refractivity (Wildman–Crippen MR) is 148 cm³/mol. The third-order valence-electron chi connectivity index (χ3n) is 6.40. The number of para-hydroxylation sites is 2. The molecular weight excluding hydrogens is 462 g/mol. The molecule has 37 heavy (non-hydrogen) atoms. The molecule has 4 aromatic rings. The smallest absolute Gasteiger partial charge is 0.224 e. The van der Waals surface area contributed by atoms with Crippen molar-refractivity contribution < 1.29 is 14.3 Å². The molecule has 3 aromatic carbocycles. The van der Waals surface area contributed by atoms with E-state index in [1.807, 2.05) is 30.3 Å². The number of imidazole rings is 1. The third kappa shape index (κ3) is 7.59. The van der Waals surface area contributed by atoms with Crippen LogP contribution < -0.4 is 14.8 Å². The molecule has 1 amide bonds. The van der Waals surface area contributed by atoms with Gasteiger partial charge in [0.05, 0.1) is 31.2 Å². The van der Waals surface area contributed by atoms with Gasteiger partial charge in [-0.15, -0.1) is 0 Å². The summed E-state index contributed by atoms with van der Waals surface area (Å²) in [4.78, 5) is 17.2. The van der Waals surface area contributed by atoms with Crippen LogP contribution in [-0.2, 0) is 24.2 Å². The van der Waals surface area contributed by atoms with Crippen molar-refractivity contribution in [2.75, 3.05) is 20.3 Å². The van der Waals surface area contributed by atoms with E-state index < -0.39 is 0 Å². The lowest BCUT2D eigenvalue weighted by molar-refractivity contribution is -0.120. The first kappa shape index (κ1) is 26.3. The number of aryl methyl sites for hydroxylation is 4. The van der Waals surface area contributed by atoms with Gasteiger partial charge >= 0.3 is 0 Å². The average Bonchev–Trinajstić information content (AvgIpc) is 3.23. The number of hydrogen-bond donors (Lipinski definition) is 1. The van der Waals surface area contributed by atoms with Gasteiger partial charge in [-0.1, -0.05) is 30.3 Å². The predicted octanol–water partition coefficient (Wildman–Crippen LogP) is 5.81. The topological polar surface area (TPSA) is 65.4 Å². The van der Waals surface area contributed by atoms with Crippen molar-refractivity contribution in [3.05, 3.63) is 89.2 Å². The van der Waals surface area contributed by atoms with Crippen molar-refractivity contribution in [2.45, 2.75) is 52.5 Å². The second-order valence-electron chi connectivity index (χ2n) is 9.53. The molecule has 0 bridgehead atoms. The first-order chi connectivity index (χ1) is 18.0. The molecule has 0 fully saturated rings. The lowest BCUT2D eigenvalue weighted by Crippen LogP contribution is -2.26. The zero-order chi connectivity index (χ0) is 26.0. The highest BCUT2D eigenvalue weighted by Crippen LogP contribution is 2.19. The molecule has 0 atom stereocenters. The number of carbonyl (C=O) groups is 1. The van der Waals surface area contributed by atoms with E-state index in [1.54, 1.807) is 7.11 Å². The van der Waals surface area contributed by atoms with Crippen molar-refractivity contribution in [1.82, 2.24) is 14.9 Å². The molecule has 0 saturated heterocycles. The van der Waals surface area contributed by atoms with Crippen LogP contribution in [0, 0.1) is 13.8 Å². The summed E-state index contributed by atoms with van der Waals surface area (Å²) in [6.07, 6.45) is 4.01. The number of unbranched alkanes of at least 4 members (excludes halogenated alkanes) is 1. The quantitative estimate of drug-likeness (QED) is 0.236. The number of ether oxygens (including phenoxy) is 2. The number of nitrogens with one attached hydrogen (secondary N) is 1. The fourth-order valence-electron chi connectivity index (χ4n) is 4.61. The Morgan fingerprint density at radius 1 is 0.919 bits per heavy atom. The van der Waals surface area contributed by atoms with E-state index in [0.717, 1.165) is 66.1 Å². The van der Waals surface area contributed by atoms with Crippen LogP contribution in [0.15, 0.2) is 66.7 Å². The lowest BCUT2D eigenvalue weighted by Gasteiger charge is -2.11. The number of fused-ring (bicyclic) bond motifs is 1.